The van der Waals surface area contributed by atoms with Crippen LogP contribution in [0.3, 0.4) is 0 Å². The second kappa shape index (κ2) is 7.38. The Kier molecular flexibility index (Phi) is 5.53. The van der Waals surface area contributed by atoms with Crippen molar-refractivity contribution in [2.45, 2.75) is 52.5 Å². The van der Waals surface area contributed by atoms with Crippen molar-refractivity contribution in [1.29, 1.82) is 0 Å². The number of carbonyl (C=O) groups excluding carboxylic acids is 1. The van der Waals surface area contributed by atoms with Gasteiger partial charge in [-0.1, -0.05) is 6.92 Å². The minimum Gasteiger partial charge on any atom is -0.341 e. The summed E-state index contributed by atoms with van der Waals surface area (Å²) in [6, 6.07) is 2.09. The maximum absolute atomic E-state index is 12.7. The first-order chi connectivity index (χ1) is 10.2. The van der Waals surface area contributed by atoms with Crippen LogP contribution in [-0.2, 0) is 0 Å². The number of nitrogens with zero attached hydrogens (tertiary/aromatic N) is 4. The molecular weight excluding hydrogens is 264 g/mol. The number of piperidine rings is 1. The van der Waals surface area contributed by atoms with E-state index in [0.717, 1.165) is 38.9 Å². The molecule has 21 heavy (non-hydrogen) atoms. The molecule has 0 aliphatic carbocycles. The van der Waals surface area contributed by atoms with Gasteiger partial charge < -0.3 is 9.80 Å². The summed E-state index contributed by atoms with van der Waals surface area (Å²) in [7, 11) is 0. The quantitative estimate of drug-likeness (QED) is 0.836. The summed E-state index contributed by atoms with van der Waals surface area (Å²) in [6.45, 7) is 8.82. The summed E-state index contributed by atoms with van der Waals surface area (Å²) in [5.74, 6) is 0.702. The summed E-state index contributed by atoms with van der Waals surface area (Å²) >= 11 is 0. The Bertz CT molecular complexity index is 473. The monoisotopic (exact) mass is 290 g/mol. The Balaban J connectivity index is 2.20. The molecule has 2 heterocycles. The predicted molar refractivity (Wildman–Crippen MR) is 84.6 cm³/mol. The Morgan fingerprint density at radius 2 is 2.10 bits per heavy atom. The molecule has 1 atom stereocenters. The molecule has 0 aromatic carbocycles. The maximum atomic E-state index is 12.7. The third-order valence-electron chi connectivity index (χ3n) is 4.27. The number of aromatic nitrogens is 2. The van der Waals surface area contributed by atoms with E-state index >= 15 is 0 Å². The van der Waals surface area contributed by atoms with Crippen molar-refractivity contribution in [3.05, 3.63) is 18.0 Å². The highest BCUT2D eigenvalue weighted by Crippen LogP contribution is 2.21. The molecule has 1 amide bonds. The molecule has 1 aromatic rings. The smallest absolute Gasteiger partial charge is 0.272 e. The lowest BCUT2D eigenvalue weighted by atomic mass is 9.99. The van der Waals surface area contributed by atoms with Crippen LogP contribution in [0.4, 0.5) is 5.95 Å². The minimum atomic E-state index is 0.0531. The van der Waals surface area contributed by atoms with Gasteiger partial charge in [-0.3, -0.25) is 4.79 Å². The standard InChI is InChI=1S/C16H26N4O/c1-4-13-9-7-8-12-20(13)15(21)14-10-11-17-16(18-14)19(5-2)6-3/h10-11,13H,4-9,12H2,1-3H3. The van der Waals surface area contributed by atoms with E-state index in [1.807, 2.05) is 4.90 Å². The van der Waals surface area contributed by atoms with Crippen LogP contribution in [0.25, 0.3) is 0 Å². The van der Waals surface area contributed by atoms with Crippen molar-refractivity contribution in [1.82, 2.24) is 14.9 Å². The van der Waals surface area contributed by atoms with E-state index in [2.05, 4.69) is 35.6 Å². The number of carbonyl (C=O) groups is 1. The third kappa shape index (κ3) is 3.52. The van der Waals surface area contributed by atoms with Crippen LogP contribution in [0.5, 0.6) is 0 Å². The molecule has 1 unspecified atom stereocenters. The second-order valence-electron chi connectivity index (χ2n) is 5.47. The first-order valence-electron chi connectivity index (χ1n) is 8.10. The molecular formula is C16H26N4O. The molecule has 0 N–H and O–H groups in total. The van der Waals surface area contributed by atoms with Crippen molar-refractivity contribution in [2.24, 2.45) is 0 Å². The lowest BCUT2D eigenvalue weighted by Crippen LogP contribution is -2.43. The first kappa shape index (κ1) is 15.7. The number of amides is 1. The Morgan fingerprint density at radius 1 is 1.33 bits per heavy atom. The minimum absolute atomic E-state index is 0.0531. The number of rotatable bonds is 5. The predicted octanol–water partition coefficient (Wildman–Crippen LogP) is 2.73. The van der Waals surface area contributed by atoms with E-state index in [-0.39, 0.29) is 5.91 Å². The number of hydrogen-bond acceptors (Lipinski definition) is 4. The molecule has 1 fully saturated rings. The fraction of sp³-hybridized carbons (Fsp3) is 0.688. The van der Waals surface area contributed by atoms with Gasteiger partial charge in [0.2, 0.25) is 5.95 Å². The molecule has 1 aliphatic rings. The highest BCUT2D eigenvalue weighted by atomic mass is 16.2. The SMILES string of the molecule is CCC1CCCCN1C(=O)c1ccnc(N(CC)CC)n1. The van der Waals surface area contributed by atoms with E-state index in [1.54, 1.807) is 12.3 Å². The first-order valence-corrected chi connectivity index (χ1v) is 8.10. The topological polar surface area (TPSA) is 49.3 Å². The van der Waals surface area contributed by atoms with E-state index in [1.165, 1.54) is 6.42 Å². The van der Waals surface area contributed by atoms with Gasteiger partial charge in [-0.05, 0) is 45.6 Å². The summed E-state index contributed by atoms with van der Waals surface area (Å²) in [5.41, 5.74) is 0.521. The molecule has 116 valence electrons. The van der Waals surface area contributed by atoms with Gasteiger partial charge in [0.05, 0.1) is 0 Å². The molecule has 5 nitrogen and oxygen atoms in total. The van der Waals surface area contributed by atoms with Crippen LogP contribution < -0.4 is 4.90 Å². The van der Waals surface area contributed by atoms with Crippen LogP contribution in [0.2, 0.25) is 0 Å². The van der Waals surface area contributed by atoms with Crippen molar-refractivity contribution < 1.29 is 4.79 Å². The van der Waals surface area contributed by atoms with Gasteiger partial charge in [0.25, 0.3) is 5.91 Å². The van der Waals surface area contributed by atoms with Gasteiger partial charge in [-0.2, -0.15) is 0 Å². The third-order valence-corrected chi connectivity index (χ3v) is 4.27. The zero-order valence-corrected chi connectivity index (χ0v) is 13.4. The summed E-state index contributed by atoms with van der Waals surface area (Å²) in [5, 5.41) is 0. The van der Waals surface area contributed by atoms with E-state index in [4.69, 9.17) is 0 Å². The van der Waals surface area contributed by atoms with Gasteiger partial charge >= 0.3 is 0 Å². The van der Waals surface area contributed by atoms with Gasteiger partial charge in [0, 0.05) is 31.9 Å². The second-order valence-corrected chi connectivity index (χ2v) is 5.47. The summed E-state index contributed by atoms with van der Waals surface area (Å²) in [6.07, 6.45) is 6.13. The van der Waals surface area contributed by atoms with Crippen LogP contribution >= 0.6 is 0 Å². The normalized spacial score (nSPS) is 18.6. The average Bonchev–Trinajstić information content (AvgIpc) is 2.55. The molecule has 0 bridgehead atoms. The Hall–Kier alpha value is -1.65. The van der Waals surface area contributed by atoms with Gasteiger partial charge in [-0.25, -0.2) is 9.97 Å². The van der Waals surface area contributed by atoms with Crippen LogP contribution in [0, 0.1) is 0 Å². The van der Waals surface area contributed by atoms with Crippen molar-refractivity contribution in [2.75, 3.05) is 24.5 Å². The van der Waals surface area contributed by atoms with E-state index < -0.39 is 0 Å². The number of hydrogen-bond donors (Lipinski definition) is 0. The highest BCUT2D eigenvalue weighted by molar-refractivity contribution is 5.92. The molecule has 1 saturated heterocycles. The average molecular weight is 290 g/mol. The highest BCUT2D eigenvalue weighted by Gasteiger charge is 2.27. The maximum Gasteiger partial charge on any atom is 0.272 e. The van der Waals surface area contributed by atoms with Gasteiger partial charge in [-0.15, -0.1) is 0 Å². The number of likely N-dealkylation sites (tertiary alicyclic amines) is 1. The largest absolute Gasteiger partial charge is 0.341 e. The van der Waals surface area contributed by atoms with Gasteiger partial charge in [0.1, 0.15) is 5.69 Å². The summed E-state index contributed by atoms with van der Waals surface area (Å²) in [4.78, 5) is 25.6. The Labute approximate surface area is 127 Å². The zero-order chi connectivity index (χ0) is 15.2. The fourth-order valence-electron chi connectivity index (χ4n) is 2.97. The van der Waals surface area contributed by atoms with Crippen LogP contribution in [0.15, 0.2) is 12.3 Å². The lowest BCUT2D eigenvalue weighted by molar-refractivity contribution is 0.0602. The molecule has 1 aromatic heterocycles. The Morgan fingerprint density at radius 3 is 2.76 bits per heavy atom. The molecule has 2 rings (SSSR count). The van der Waals surface area contributed by atoms with Crippen LogP contribution in [-0.4, -0.2) is 46.5 Å². The number of anilines is 1. The molecule has 0 spiro atoms. The lowest BCUT2D eigenvalue weighted by Gasteiger charge is -2.35. The fourth-order valence-corrected chi connectivity index (χ4v) is 2.97. The van der Waals surface area contributed by atoms with Gasteiger partial charge in [0.15, 0.2) is 0 Å². The molecule has 5 heteroatoms. The van der Waals surface area contributed by atoms with Crippen LogP contribution in [0.1, 0.15) is 56.9 Å². The van der Waals surface area contributed by atoms with Crippen molar-refractivity contribution in [3.63, 3.8) is 0 Å². The zero-order valence-electron chi connectivity index (χ0n) is 13.4. The van der Waals surface area contributed by atoms with Crippen molar-refractivity contribution in [3.8, 4) is 0 Å². The van der Waals surface area contributed by atoms with E-state index in [9.17, 15) is 4.79 Å². The molecule has 1 aliphatic heterocycles. The summed E-state index contributed by atoms with van der Waals surface area (Å²) < 4.78 is 0. The van der Waals surface area contributed by atoms with E-state index in [0.29, 0.717) is 17.7 Å². The molecule has 0 saturated carbocycles. The van der Waals surface area contributed by atoms with Crippen molar-refractivity contribution >= 4 is 11.9 Å². The molecule has 0 radical (unpaired) electrons.